The molecule has 2 amide bonds. The maximum Gasteiger partial charge on any atom is 0.243 e. The Morgan fingerprint density at radius 1 is 0.943 bits per heavy atom. The van der Waals surface area contributed by atoms with Crippen LogP contribution in [0, 0.1) is 5.82 Å². The molecule has 0 aliphatic carbocycles. The summed E-state index contributed by atoms with van der Waals surface area (Å²) in [5.74, 6) is -0.100. The number of hydrogen-bond acceptors (Lipinski definition) is 3. The molecule has 0 aromatic heterocycles. The van der Waals surface area contributed by atoms with Crippen molar-refractivity contribution in [2.75, 3.05) is 5.75 Å². The maximum absolute atomic E-state index is 14.0. The minimum atomic E-state index is -0.676. The molecule has 0 saturated heterocycles. The molecule has 3 aromatic rings. The van der Waals surface area contributed by atoms with Gasteiger partial charge in [-0.3, -0.25) is 9.59 Å². The van der Waals surface area contributed by atoms with Gasteiger partial charge in [-0.1, -0.05) is 76.6 Å². The predicted octanol–water partition coefficient (Wildman–Crippen LogP) is 5.99. The molecule has 4 nitrogen and oxygen atoms in total. The van der Waals surface area contributed by atoms with Gasteiger partial charge in [-0.15, -0.1) is 11.8 Å². The van der Waals surface area contributed by atoms with Crippen molar-refractivity contribution in [2.24, 2.45) is 0 Å². The van der Waals surface area contributed by atoms with E-state index < -0.39 is 6.04 Å². The van der Waals surface area contributed by atoms with Crippen LogP contribution >= 0.6 is 27.7 Å². The lowest BCUT2D eigenvalue weighted by Crippen LogP contribution is -2.52. The summed E-state index contributed by atoms with van der Waals surface area (Å²) in [4.78, 5) is 28.5. The van der Waals surface area contributed by atoms with Gasteiger partial charge in [-0.2, -0.15) is 0 Å². The highest BCUT2D eigenvalue weighted by molar-refractivity contribution is 9.10. The fourth-order valence-electron chi connectivity index (χ4n) is 3.67. The zero-order valence-corrected chi connectivity index (χ0v) is 22.3. The third-order valence-corrected chi connectivity index (χ3v) is 6.90. The smallest absolute Gasteiger partial charge is 0.243 e. The molecule has 184 valence electrons. The van der Waals surface area contributed by atoms with Crippen molar-refractivity contribution in [3.63, 3.8) is 0 Å². The number of carbonyl (C=O) groups excluding carboxylic acids is 2. The minimum absolute atomic E-state index is 0.0548. The van der Waals surface area contributed by atoms with Gasteiger partial charge < -0.3 is 10.2 Å². The Labute approximate surface area is 219 Å². The Kier molecular flexibility index (Phi) is 10.4. The lowest BCUT2D eigenvalue weighted by molar-refractivity contribution is -0.139. The first-order valence-corrected chi connectivity index (χ1v) is 13.5. The molecule has 1 N–H and O–H groups in total. The normalized spacial score (nSPS) is 11.8. The number of halogens is 2. The SMILES string of the molecule is CC(C)NC(=O)[C@@H](Cc1ccccc1)N(Cc1ccc(Br)cc1)C(=O)CSCc1ccccc1F. The first kappa shape index (κ1) is 27.0. The Balaban J connectivity index is 1.84. The van der Waals surface area contributed by atoms with E-state index >= 15 is 0 Å². The molecule has 0 spiro atoms. The number of nitrogens with zero attached hydrogens (tertiary/aromatic N) is 1. The van der Waals surface area contributed by atoms with Gasteiger partial charge >= 0.3 is 0 Å². The van der Waals surface area contributed by atoms with E-state index in [2.05, 4.69) is 21.2 Å². The van der Waals surface area contributed by atoms with Crippen LogP contribution < -0.4 is 5.32 Å². The number of amides is 2. The maximum atomic E-state index is 14.0. The van der Waals surface area contributed by atoms with Gasteiger partial charge in [-0.05, 0) is 48.7 Å². The summed E-state index contributed by atoms with van der Waals surface area (Å²) in [5.41, 5.74) is 2.46. The Hall–Kier alpha value is -2.64. The van der Waals surface area contributed by atoms with Crippen molar-refractivity contribution in [3.8, 4) is 0 Å². The number of nitrogens with one attached hydrogen (secondary N) is 1. The molecule has 35 heavy (non-hydrogen) atoms. The second-order valence-corrected chi connectivity index (χ2v) is 10.5. The molecule has 0 aliphatic rings. The van der Waals surface area contributed by atoms with Crippen LogP contribution in [0.5, 0.6) is 0 Å². The predicted molar refractivity (Wildman–Crippen MR) is 144 cm³/mol. The van der Waals surface area contributed by atoms with Crippen LogP contribution in [-0.4, -0.2) is 34.6 Å². The second-order valence-electron chi connectivity index (χ2n) is 8.60. The van der Waals surface area contributed by atoms with Crippen molar-refractivity contribution >= 4 is 39.5 Å². The van der Waals surface area contributed by atoms with Crippen molar-refractivity contribution < 1.29 is 14.0 Å². The fraction of sp³-hybridized carbons (Fsp3) is 0.286. The highest BCUT2D eigenvalue weighted by atomic mass is 79.9. The van der Waals surface area contributed by atoms with Crippen LogP contribution in [0.25, 0.3) is 0 Å². The lowest BCUT2D eigenvalue weighted by Gasteiger charge is -2.32. The molecule has 0 heterocycles. The molecule has 0 radical (unpaired) electrons. The van der Waals surface area contributed by atoms with Gasteiger partial charge in [0.15, 0.2) is 0 Å². The molecule has 0 saturated carbocycles. The van der Waals surface area contributed by atoms with E-state index in [-0.39, 0.29) is 29.4 Å². The summed E-state index contributed by atoms with van der Waals surface area (Å²) < 4.78 is 15.0. The highest BCUT2D eigenvalue weighted by Crippen LogP contribution is 2.20. The fourth-order valence-corrected chi connectivity index (χ4v) is 4.83. The molecule has 3 rings (SSSR count). The van der Waals surface area contributed by atoms with Crippen LogP contribution in [0.3, 0.4) is 0 Å². The number of hydrogen-bond donors (Lipinski definition) is 1. The summed E-state index contributed by atoms with van der Waals surface area (Å²) in [6, 6.07) is 23.3. The van der Waals surface area contributed by atoms with Crippen LogP contribution in [0.4, 0.5) is 4.39 Å². The Bertz CT molecular complexity index is 1110. The lowest BCUT2D eigenvalue weighted by atomic mass is 10.0. The monoisotopic (exact) mass is 556 g/mol. The van der Waals surface area contributed by atoms with E-state index in [1.807, 2.05) is 68.4 Å². The average molecular weight is 558 g/mol. The van der Waals surface area contributed by atoms with Crippen LogP contribution in [-0.2, 0) is 28.3 Å². The van der Waals surface area contributed by atoms with Gasteiger partial charge in [0.25, 0.3) is 0 Å². The highest BCUT2D eigenvalue weighted by Gasteiger charge is 2.30. The van der Waals surface area contributed by atoms with E-state index in [4.69, 9.17) is 0 Å². The van der Waals surface area contributed by atoms with Gasteiger partial charge in [-0.25, -0.2) is 4.39 Å². The van der Waals surface area contributed by atoms with Gasteiger partial charge in [0.1, 0.15) is 11.9 Å². The van der Waals surface area contributed by atoms with E-state index in [1.165, 1.54) is 17.8 Å². The zero-order chi connectivity index (χ0) is 25.2. The Morgan fingerprint density at radius 3 is 2.26 bits per heavy atom. The zero-order valence-electron chi connectivity index (χ0n) is 19.9. The van der Waals surface area contributed by atoms with Crippen LogP contribution in [0.15, 0.2) is 83.3 Å². The van der Waals surface area contributed by atoms with Crippen molar-refractivity contribution in [1.29, 1.82) is 0 Å². The first-order valence-electron chi connectivity index (χ1n) is 11.5. The van der Waals surface area contributed by atoms with Gasteiger partial charge in [0, 0.05) is 29.2 Å². The summed E-state index contributed by atoms with van der Waals surface area (Å²) >= 11 is 4.80. The summed E-state index contributed by atoms with van der Waals surface area (Å²) in [5, 5.41) is 2.99. The number of carbonyl (C=O) groups is 2. The summed E-state index contributed by atoms with van der Waals surface area (Å²) in [6.45, 7) is 4.11. The van der Waals surface area contributed by atoms with Crippen molar-refractivity contribution in [1.82, 2.24) is 10.2 Å². The molecule has 0 bridgehead atoms. The van der Waals surface area contributed by atoms with Crippen LogP contribution in [0.2, 0.25) is 0 Å². The standard InChI is InChI=1S/C28H30BrFN2O2S/c1-20(2)31-28(34)26(16-21-8-4-3-5-9-21)32(17-22-12-14-24(29)15-13-22)27(33)19-35-18-23-10-6-7-11-25(23)30/h3-15,20,26H,16-19H2,1-2H3,(H,31,34)/t26-/m1/s1. The van der Waals surface area contributed by atoms with E-state index in [0.717, 1.165) is 15.6 Å². The largest absolute Gasteiger partial charge is 0.352 e. The molecule has 1 atom stereocenters. The molecular weight excluding hydrogens is 527 g/mol. The molecule has 0 fully saturated rings. The third kappa shape index (κ3) is 8.51. The molecular formula is C28H30BrFN2O2S. The van der Waals surface area contributed by atoms with Crippen molar-refractivity contribution in [2.45, 2.75) is 44.6 Å². The average Bonchev–Trinajstić information content (AvgIpc) is 2.84. The molecule has 0 unspecified atom stereocenters. The van der Waals surface area contributed by atoms with E-state index in [9.17, 15) is 14.0 Å². The van der Waals surface area contributed by atoms with Gasteiger partial charge in [0.2, 0.25) is 11.8 Å². The number of benzene rings is 3. The van der Waals surface area contributed by atoms with Gasteiger partial charge in [0.05, 0.1) is 5.75 Å². The van der Waals surface area contributed by atoms with E-state index in [0.29, 0.717) is 24.3 Å². The minimum Gasteiger partial charge on any atom is -0.352 e. The number of thioether (sulfide) groups is 1. The Morgan fingerprint density at radius 2 is 1.60 bits per heavy atom. The third-order valence-electron chi connectivity index (χ3n) is 5.41. The molecule has 7 heteroatoms. The second kappa shape index (κ2) is 13.4. The van der Waals surface area contributed by atoms with E-state index in [1.54, 1.807) is 23.1 Å². The topological polar surface area (TPSA) is 49.4 Å². The molecule has 3 aromatic carbocycles. The summed E-state index contributed by atoms with van der Waals surface area (Å²) in [7, 11) is 0. The summed E-state index contributed by atoms with van der Waals surface area (Å²) in [6.07, 6.45) is 0.402. The van der Waals surface area contributed by atoms with Crippen LogP contribution in [0.1, 0.15) is 30.5 Å². The number of rotatable bonds is 11. The quantitative estimate of drug-likeness (QED) is 0.315. The first-order chi connectivity index (χ1) is 16.8. The molecule has 0 aliphatic heterocycles. The van der Waals surface area contributed by atoms with Crippen molar-refractivity contribution in [3.05, 3.63) is 106 Å².